The van der Waals surface area contributed by atoms with Crippen LogP contribution in [0.25, 0.3) is 21.9 Å². The standard InChI is InChI=1S/C35H33NO12/c1-16-29(37)32(47-33(39)17-5-8-19(36-2)9-6-17)30(38)35(46-16)48-31-21-13-25(42-4)24(41-3)12-20(21)27(28-22(31)14-43-34(28)40)18-7-10-23-26(11-18)45-15-44-23/h5-13,16,29-30,32,35-38H,14-15H2,1-4H3/t16-,29-,30-,32+,35?/m1/s1. The number of esters is 2. The Kier molecular flexibility index (Phi) is 8.11. The average Bonchev–Trinajstić information content (AvgIpc) is 3.74. The average molecular weight is 660 g/mol. The molecular formula is C35H33NO12. The molecule has 1 saturated heterocycles. The van der Waals surface area contributed by atoms with E-state index in [0.29, 0.717) is 50.5 Å². The summed E-state index contributed by atoms with van der Waals surface area (Å²) in [5, 5.41) is 26.4. The van der Waals surface area contributed by atoms with Crippen molar-refractivity contribution < 1.29 is 57.7 Å². The molecule has 3 heterocycles. The zero-order valence-corrected chi connectivity index (χ0v) is 26.5. The lowest BCUT2D eigenvalue weighted by molar-refractivity contribution is -0.267. The third-order valence-corrected chi connectivity index (χ3v) is 8.74. The van der Waals surface area contributed by atoms with Crippen LogP contribution in [-0.2, 0) is 20.8 Å². The quantitative estimate of drug-likeness (QED) is 0.233. The zero-order valence-electron chi connectivity index (χ0n) is 26.5. The first-order valence-electron chi connectivity index (χ1n) is 15.2. The normalized spacial score (nSPS) is 22.5. The van der Waals surface area contributed by atoms with Crippen LogP contribution in [0.3, 0.4) is 0 Å². The monoisotopic (exact) mass is 659 g/mol. The predicted octanol–water partition coefficient (Wildman–Crippen LogP) is 4.04. The number of carbonyl (C=O) groups is 2. The van der Waals surface area contributed by atoms with Gasteiger partial charge in [0, 0.05) is 29.2 Å². The molecule has 0 saturated carbocycles. The first kappa shape index (κ1) is 31.4. The minimum atomic E-state index is -1.63. The van der Waals surface area contributed by atoms with Gasteiger partial charge in [-0.3, -0.25) is 0 Å². The second-order valence-electron chi connectivity index (χ2n) is 11.5. The first-order valence-corrected chi connectivity index (χ1v) is 15.2. The van der Waals surface area contributed by atoms with Crippen molar-refractivity contribution in [2.24, 2.45) is 0 Å². The summed E-state index contributed by atoms with van der Waals surface area (Å²) in [5.41, 5.74) is 2.86. The van der Waals surface area contributed by atoms with Crippen LogP contribution in [0.2, 0.25) is 0 Å². The van der Waals surface area contributed by atoms with E-state index in [4.69, 9.17) is 37.9 Å². The molecule has 0 amide bonds. The number of ether oxygens (including phenoxy) is 8. The van der Waals surface area contributed by atoms with Gasteiger partial charge in [0.05, 0.1) is 31.5 Å². The number of hydrogen-bond donors (Lipinski definition) is 3. The van der Waals surface area contributed by atoms with Crippen molar-refractivity contribution in [3.8, 4) is 39.9 Å². The number of rotatable bonds is 8. The molecule has 13 nitrogen and oxygen atoms in total. The number of hydrogen-bond acceptors (Lipinski definition) is 13. The Balaban J connectivity index is 1.32. The lowest BCUT2D eigenvalue weighted by Crippen LogP contribution is -2.59. The van der Waals surface area contributed by atoms with E-state index in [9.17, 15) is 19.8 Å². The molecule has 13 heteroatoms. The van der Waals surface area contributed by atoms with E-state index >= 15 is 0 Å². The largest absolute Gasteiger partial charge is 0.493 e. The van der Waals surface area contributed by atoms with E-state index in [2.05, 4.69) is 5.32 Å². The minimum absolute atomic E-state index is 0.0766. The number of benzene rings is 4. The van der Waals surface area contributed by atoms with E-state index in [-0.39, 0.29) is 30.3 Å². The number of fused-ring (bicyclic) bond motifs is 3. The molecule has 3 aliphatic rings. The summed E-state index contributed by atoms with van der Waals surface area (Å²) in [6.07, 6.45) is -6.75. The van der Waals surface area contributed by atoms with Crippen LogP contribution in [0.4, 0.5) is 5.69 Å². The maximum Gasteiger partial charge on any atom is 0.339 e. The number of nitrogens with one attached hydrogen (secondary N) is 1. The van der Waals surface area contributed by atoms with E-state index in [0.717, 1.165) is 5.69 Å². The minimum Gasteiger partial charge on any atom is -0.493 e. The fourth-order valence-electron chi connectivity index (χ4n) is 6.21. The summed E-state index contributed by atoms with van der Waals surface area (Å²) in [7, 11) is 4.74. The van der Waals surface area contributed by atoms with Crippen molar-refractivity contribution in [1.29, 1.82) is 0 Å². The second-order valence-corrected chi connectivity index (χ2v) is 11.5. The van der Waals surface area contributed by atoms with Gasteiger partial charge < -0.3 is 53.4 Å². The van der Waals surface area contributed by atoms with Crippen molar-refractivity contribution in [3.63, 3.8) is 0 Å². The maximum atomic E-state index is 13.4. The summed E-state index contributed by atoms with van der Waals surface area (Å²) in [4.78, 5) is 26.5. The molecule has 4 aromatic carbocycles. The lowest BCUT2D eigenvalue weighted by atomic mass is 9.89. The van der Waals surface area contributed by atoms with Gasteiger partial charge >= 0.3 is 11.9 Å². The Labute approximate surface area is 274 Å². The van der Waals surface area contributed by atoms with E-state index in [1.807, 2.05) is 6.07 Å². The van der Waals surface area contributed by atoms with Crippen LogP contribution in [0.5, 0.6) is 28.7 Å². The van der Waals surface area contributed by atoms with Crippen LogP contribution in [0, 0.1) is 0 Å². The zero-order chi connectivity index (χ0) is 33.7. The van der Waals surface area contributed by atoms with Crippen molar-refractivity contribution >= 4 is 28.4 Å². The Morgan fingerprint density at radius 3 is 2.29 bits per heavy atom. The van der Waals surface area contributed by atoms with Crippen LogP contribution in [-0.4, -0.2) is 80.9 Å². The lowest BCUT2D eigenvalue weighted by Gasteiger charge is -2.41. The summed E-state index contributed by atoms with van der Waals surface area (Å²) < 4.78 is 45.9. The van der Waals surface area contributed by atoms with Crippen molar-refractivity contribution in [1.82, 2.24) is 0 Å². The molecule has 7 rings (SSSR count). The number of aliphatic hydroxyl groups is 2. The van der Waals surface area contributed by atoms with E-state index in [1.165, 1.54) is 14.2 Å². The fraction of sp³-hybridized carbons (Fsp3) is 0.314. The van der Waals surface area contributed by atoms with Crippen LogP contribution >= 0.6 is 0 Å². The Hall–Kier alpha value is -5.24. The number of methoxy groups -OCH3 is 2. The second kappa shape index (κ2) is 12.4. The molecule has 1 unspecified atom stereocenters. The third kappa shape index (κ3) is 5.25. The van der Waals surface area contributed by atoms with Gasteiger partial charge in [0.2, 0.25) is 13.1 Å². The van der Waals surface area contributed by atoms with Gasteiger partial charge in [-0.15, -0.1) is 0 Å². The maximum absolute atomic E-state index is 13.4. The summed E-state index contributed by atoms with van der Waals surface area (Å²) in [6, 6.07) is 15.3. The van der Waals surface area contributed by atoms with Gasteiger partial charge in [0.15, 0.2) is 35.2 Å². The number of anilines is 1. The summed E-state index contributed by atoms with van der Waals surface area (Å²) >= 11 is 0. The van der Waals surface area contributed by atoms with Crippen LogP contribution in [0.15, 0.2) is 54.6 Å². The Bertz CT molecular complexity index is 1910. The molecule has 48 heavy (non-hydrogen) atoms. The molecule has 0 radical (unpaired) electrons. The summed E-state index contributed by atoms with van der Waals surface area (Å²) in [5.74, 6) is 0.717. The molecule has 250 valence electrons. The molecule has 1 fully saturated rings. The highest BCUT2D eigenvalue weighted by Gasteiger charge is 2.47. The summed E-state index contributed by atoms with van der Waals surface area (Å²) in [6.45, 7) is 1.52. The SMILES string of the molecule is CNc1ccc(C(=O)O[C@H]2[C@H](O)[C@@H](C)OC(Oc3c4c(c(-c5ccc6c(c5)OCO6)c5cc(OC)c(OC)cc35)C(=O)OC4)[C@@H]2O)cc1. The van der Waals surface area contributed by atoms with Gasteiger partial charge in [-0.05, 0) is 66.4 Å². The smallest absolute Gasteiger partial charge is 0.339 e. The molecule has 5 atom stereocenters. The molecule has 0 aliphatic carbocycles. The predicted molar refractivity (Wildman–Crippen MR) is 170 cm³/mol. The fourth-order valence-corrected chi connectivity index (χ4v) is 6.21. The highest BCUT2D eigenvalue weighted by atomic mass is 16.7. The van der Waals surface area contributed by atoms with Crippen LogP contribution < -0.4 is 29.0 Å². The highest BCUT2D eigenvalue weighted by Crippen LogP contribution is 2.49. The van der Waals surface area contributed by atoms with E-state index in [1.54, 1.807) is 62.5 Å². The third-order valence-electron chi connectivity index (χ3n) is 8.74. The van der Waals surface area contributed by atoms with Gasteiger partial charge in [0.25, 0.3) is 0 Å². The van der Waals surface area contributed by atoms with Gasteiger partial charge in [-0.2, -0.15) is 0 Å². The Morgan fingerprint density at radius 1 is 0.875 bits per heavy atom. The van der Waals surface area contributed by atoms with E-state index < -0.39 is 42.6 Å². The van der Waals surface area contributed by atoms with Gasteiger partial charge in [0.1, 0.15) is 18.5 Å². The van der Waals surface area contributed by atoms with Gasteiger partial charge in [-0.1, -0.05) is 6.07 Å². The number of cyclic esters (lactones) is 1. The van der Waals surface area contributed by atoms with Crippen molar-refractivity contribution in [3.05, 3.63) is 71.3 Å². The van der Waals surface area contributed by atoms with Crippen LogP contribution in [0.1, 0.15) is 33.2 Å². The Morgan fingerprint density at radius 2 is 1.58 bits per heavy atom. The first-order chi connectivity index (χ1) is 23.2. The highest BCUT2D eigenvalue weighted by molar-refractivity contribution is 6.14. The molecule has 0 bridgehead atoms. The van der Waals surface area contributed by atoms with Crippen molar-refractivity contribution in [2.75, 3.05) is 33.4 Å². The van der Waals surface area contributed by atoms with Crippen molar-refractivity contribution in [2.45, 2.75) is 44.2 Å². The topological polar surface area (TPSA) is 160 Å². The van der Waals surface area contributed by atoms with Gasteiger partial charge in [-0.25, -0.2) is 9.59 Å². The molecule has 3 aliphatic heterocycles. The molecular weight excluding hydrogens is 626 g/mol. The molecule has 0 spiro atoms. The number of aliphatic hydroxyl groups excluding tert-OH is 2. The molecule has 4 aromatic rings. The number of carbonyl (C=O) groups excluding carboxylic acids is 2. The molecule has 0 aromatic heterocycles. The molecule has 3 N–H and O–H groups in total.